The first kappa shape index (κ1) is 19.6. The number of rotatable bonds is 4. The largest absolute Gasteiger partial charge is 0.420 e. The minimum Gasteiger partial charge on any atom is -0.408 e. The summed E-state index contributed by atoms with van der Waals surface area (Å²) in [7, 11) is -3.29. The molecular weight excluding hydrogens is 432 g/mol. The van der Waals surface area contributed by atoms with E-state index in [2.05, 4.69) is 5.32 Å². The summed E-state index contributed by atoms with van der Waals surface area (Å²) in [5, 5.41) is 2.56. The number of fused-ring (bicyclic) bond motifs is 1. The third-order valence-electron chi connectivity index (χ3n) is 4.32. The molecule has 1 saturated heterocycles. The van der Waals surface area contributed by atoms with Gasteiger partial charge >= 0.3 is 5.76 Å². The molecular formula is C19H14N2O5S3. The van der Waals surface area contributed by atoms with Crippen LogP contribution in [0.2, 0.25) is 0 Å². The molecule has 2 heterocycles. The van der Waals surface area contributed by atoms with Crippen LogP contribution in [0.4, 0.5) is 0 Å². The fraction of sp³-hybridized carbons (Fsp3) is 0.105. The van der Waals surface area contributed by atoms with Crippen LogP contribution < -0.4 is 11.1 Å². The molecule has 0 unspecified atom stereocenters. The maximum atomic E-state index is 12.3. The van der Waals surface area contributed by atoms with Crippen LogP contribution in [0.1, 0.15) is 11.1 Å². The topological polar surface area (TPSA) is 98.4 Å². The molecule has 1 N–H and O–H groups in total. The first-order valence-electron chi connectivity index (χ1n) is 8.38. The number of oxazole rings is 1. The molecule has 1 aromatic heterocycles. The van der Waals surface area contributed by atoms with Gasteiger partial charge in [0.05, 0.1) is 21.9 Å². The van der Waals surface area contributed by atoms with E-state index in [-0.39, 0.29) is 17.3 Å². The summed E-state index contributed by atoms with van der Waals surface area (Å²) in [6, 6.07) is 11.5. The number of thioether (sulfide) groups is 1. The number of carbonyl (C=O) groups is 1. The Bertz CT molecular complexity index is 1350. The lowest BCUT2D eigenvalue weighted by Gasteiger charge is -2.05. The second kappa shape index (κ2) is 7.29. The van der Waals surface area contributed by atoms with E-state index in [1.807, 2.05) is 0 Å². The molecule has 29 heavy (non-hydrogen) atoms. The Morgan fingerprint density at radius 3 is 2.52 bits per heavy atom. The lowest BCUT2D eigenvalue weighted by atomic mass is 10.1. The van der Waals surface area contributed by atoms with E-state index >= 15 is 0 Å². The van der Waals surface area contributed by atoms with Gasteiger partial charge in [0.2, 0.25) is 0 Å². The normalized spacial score (nSPS) is 16.0. The molecule has 0 spiro atoms. The maximum absolute atomic E-state index is 12.3. The van der Waals surface area contributed by atoms with Crippen molar-refractivity contribution in [3.63, 3.8) is 0 Å². The van der Waals surface area contributed by atoms with Crippen LogP contribution in [0.15, 0.2) is 61.5 Å². The fourth-order valence-electron chi connectivity index (χ4n) is 2.92. The van der Waals surface area contributed by atoms with Gasteiger partial charge in [0.1, 0.15) is 4.32 Å². The number of thiocarbonyl (C=S) groups is 1. The zero-order valence-corrected chi connectivity index (χ0v) is 17.5. The Kier molecular flexibility index (Phi) is 4.93. The summed E-state index contributed by atoms with van der Waals surface area (Å²) in [5.41, 5.74) is 2.47. The number of nitrogens with one attached hydrogen (secondary N) is 1. The Labute approximate surface area is 175 Å². The van der Waals surface area contributed by atoms with Crippen molar-refractivity contribution >= 4 is 61.2 Å². The van der Waals surface area contributed by atoms with Crippen LogP contribution >= 0.6 is 24.0 Å². The molecule has 0 atom stereocenters. The first-order valence-corrected chi connectivity index (χ1v) is 11.5. The molecule has 0 bridgehead atoms. The summed E-state index contributed by atoms with van der Waals surface area (Å²) in [5.74, 6) is -0.776. The Hall–Kier alpha value is -2.69. The van der Waals surface area contributed by atoms with Crippen molar-refractivity contribution < 1.29 is 17.6 Å². The van der Waals surface area contributed by atoms with Crippen LogP contribution in [0.3, 0.4) is 0 Å². The number of aromatic nitrogens is 1. The predicted molar refractivity (Wildman–Crippen MR) is 115 cm³/mol. The van der Waals surface area contributed by atoms with Crippen molar-refractivity contribution in [1.29, 1.82) is 0 Å². The van der Waals surface area contributed by atoms with Gasteiger partial charge in [-0.3, -0.25) is 9.36 Å². The van der Waals surface area contributed by atoms with Gasteiger partial charge < -0.3 is 9.73 Å². The third kappa shape index (κ3) is 4.04. The summed E-state index contributed by atoms with van der Waals surface area (Å²) < 4.78 is 30.4. The number of benzene rings is 2. The zero-order valence-electron chi connectivity index (χ0n) is 15.0. The van der Waals surface area contributed by atoms with E-state index < -0.39 is 15.6 Å². The third-order valence-corrected chi connectivity index (χ3v) is 6.61. The monoisotopic (exact) mass is 446 g/mol. The summed E-state index contributed by atoms with van der Waals surface area (Å²) >= 11 is 6.17. The maximum Gasteiger partial charge on any atom is 0.420 e. The van der Waals surface area contributed by atoms with Crippen LogP contribution in [-0.2, 0) is 21.2 Å². The van der Waals surface area contributed by atoms with Crippen LogP contribution in [0.25, 0.3) is 17.2 Å². The zero-order chi connectivity index (χ0) is 20.8. The lowest BCUT2D eigenvalue weighted by molar-refractivity contribution is -0.115. The Morgan fingerprint density at radius 1 is 1.17 bits per heavy atom. The fourth-order valence-corrected chi connectivity index (χ4v) is 4.59. The highest BCUT2D eigenvalue weighted by Crippen LogP contribution is 2.27. The van der Waals surface area contributed by atoms with Gasteiger partial charge in [-0.2, -0.15) is 0 Å². The molecule has 10 heteroatoms. The standard InChI is InChI=1S/C19H14N2O5S3/c1-29(24,25)13-5-2-11(3-6-13)10-21-14-8-12(4-7-15(14)26-19(21)23)9-16-17(22)20-18(27)28-16/h2-9H,10H2,1H3,(H,20,22,27). The highest BCUT2D eigenvalue weighted by molar-refractivity contribution is 8.26. The van der Waals surface area contributed by atoms with Gasteiger partial charge in [0.15, 0.2) is 15.4 Å². The van der Waals surface area contributed by atoms with E-state index in [0.29, 0.717) is 20.3 Å². The van der Waals surface area contributed by atoms with Gasteiger partial charge in [-0.15, -0.1) is 0 Å². The van der Waals surface area contributed by atoms with Gasteiger partial charge in [-0.05, 0) is 41.5 Å². The molecule has 0 radical (unpaired) electrons. The van der Waals surface area contributed by atoms with Gasteiger partial charge in [0, 0.05) is 6.26 Å². The quantitative estimate of drug-likeness (QED) is 0.486. The van der Waals surface area contributed by atoms with E-state index in [0.717, 1.165) is 17.4 Å². The lowest BCUT2D eigenvalue weighted by Crippen LogP contribution is -2.17. The van der Waals surface area contributed by atoms with Crippen LogP contribution in [0.5, 0.6) is 0 Å². The number of amides is 1. The molecule has 148 valence electrons. The molecule has 1 aliphatic heterocycles. The minimum absolute atomic E-state index is 0.213. The van der Waals surface area contributed by atoms with Crippen molar-refractivity contribution in [3.05, 3.63) is 69.0 Å². The second-order valence-electron chi connectivity index (χ2n) is 6.45. The first-order chi connectivity index (χ1) is 13.7. The Balaban J connectivity index is 1.70. The van der Waals surface area contributed by atoms with E-state index in [9.17, 15) is 18.0 Å². The van der Waals surface area contributed by atoms with Gasteiger partial charge in [-0.1, -0.05) is 42.2 Å². The molecule has 7 nitrogen and oxygen atoms in total. The SMILES string of the molecule is CS(=O)(=O)c1ccc(Cn2c(=O)oc3ccc(C=C4SC(=S)NC4=O)cc32)cc1. The van der Waals surface area contributed by atoms with Gasteiger partial charge in [0.25, 0.3) is 5.91 Å². The number of hydrogen-bond acceptors (Lipinski definition) is 7. The van der Waals surface area contributed by atoms with Gasteiger partial charge in [-0.25, -0.2) is 13.2 Å². The molecule has 1 amide bonds. The molecule has 0 saturated carbocycles. The highest BCUT2D eigenvalue weighted by Gasteiger charge is 2.22. The number of sulfone groups is 1. The minimum atomic E-state index is -3.29. The van der Waals surface area contributed by atoms with Crippen LogP contribution in [0, 0.1) is 0 Å². The molecule has 1 fully saturated rings. The molecule has 2 aromatic carbocycles. The van der Waals surface area contributed by atoms with E-state index in [4.69, 9.17) is 16.6 Å². The van der Waals surface area contributed by atoms with E-state index in [1.54, 1.807) is 36.4 Å². The summed E-state index contributed by atoms with van der Waals surface area (Å²) in [4.78, 5) is 24.9. The highest BCUT2D eigenvalue weighted by atomic mass is 32.2. The molecule has 4 rings (SSSR count). The van der Waals surface area contributed by atoms with Crippen molar-refractivity contribution in [2.75, 3.05) is 6.26 Å². The Morgan fingerprint density at radius 2 is 1.90 bits per heavy atom. The summed E-state index contributed by atoms with van der Waals surface area (Å²) in [6.45, 7) is 0.217. The van der Waals surface area contributed by atoms with E-state index in [1.165, 1.54) is 28.5 Å². The summed E-state index contributed by atoms with van der Waals surface area (Å²) in [6.07, 6.45) is 2.84. The predicted octanol–water partition coefficient (Wildman–Crippen LogP) is 2.54. The van der Waals surface area contributed by atoms with Crippen molar-refractivity contribution in [2.45, 2.75) is 11.4 Å². The van der Waals surface area contributed by atoms with Crippen molar-refractivity contribution in [1.82, 2.24) is 9.88 Å². The molecule has 0 aliphatic carbocycles. The number of hydrogen-bond donors (Lipinski definition) is 1. The van der Waals surface area contributed by atoms with Crippen LogP contribution in [-0.4, -0.2) is 29.5 Å². The average molecular weight is 447 g/mol. The molecule has 1 aliphatic rings. The average Bonchev–Trinajstić information content (AvgIpc) is 3.13. The molecule has 3 aromatic rings. The van der Waals surface area contributed by atoms with Crippen molar-refractivity contribution in [3.8, 4) is 0 Å². The van der Waals surface area contributed by atoms with Crippen molar-refractivity contribution in [2.24, 2.45) is 0 Å². The second-order valence-corrected chi connectivity index (χ2v) is 10.2. The number of carbonyl (C=O) groups excluding carboxylic acids is 1. The smallest absolute Gasteiger partial charge is 0.408 e. The number of nitrogens with zero attached hydrogens (tertiary/aromatic N) is 1.